The van der Waals surface area contributed by atoms with Gasteiger partial charge in [0.1, 0.15) is 17.2 Å². The number of anilines is 1. The number of carbonyl (C=O) groups excluding carboxylic acids is 1. The molecule has 4 atom stereocenters. The maximum Gasteiger partial charge on any atom is 0.407 e. The SMILES string of the molecule is COc1ccc(CN(c2c3c(nc4c(Br)cnn24)C2(CCCC2)C(CS(C)(=N)=O)C3)[C@H]2CC[C@H](NC(=O)OC(C)(C)C)C2)cc1. The molecule has 10 nitrogen and oxygen atoms in total. The Morgan fingerprint density at radius 2 is 1.93 bits per heavy atom. The van der Waals surface area contributed by atoms with Crippen LogP contribution < -0.4 is 15.0 Å². The third-order valence-corrected chi connectivity index (χ3v) is 11.3. The summed E-state index contributed by atoms with van der Waals surface area (Å²) in [5.41, 5.74) is 3.42. The zero-order chi connectivity index (χ0) is 32.1. The van der Waals surface area contributed by atoms with Crippen LogP contribution in [0.1, 0.15) is 82.5 Å². The van der Waals surface area contributed by atoms with E-state index in [0.717, 1.165) is 89.9 Å². The van der Waals surface area contributed by atoms with E-state index in [4.69, 9.17) is 24.3 Å². The van der Waals surface area contributed by atoms with E-state index in [1.165, 1.54) is 0 Å². The standard InChI is InChI=1S/C33H45BrN6O4S/c1-32(2,3)44-31(41)37-23-10-11-24(17-23)39(19-21-8-12-25(43-4)13-9-21)30-26-16-22(20-45(5,35)42)33(14-6-7-15-33)28(26)38-29-27(34)18-36-40(29)30/h8-9,12-13,18,22-24,35H,6-7,10-11,14-17,19-20H2,1-5H3,(H,37,41)/t22?,23-,24-,45?/m0/s1. The van der Waals surface area contributed by atoms with Crippen molar-refractivity contribution in [3.63, 3.8) is 0 Å². The average molecular weight is 702 g/mol. The highest BCUT2D eigenvalue weighted by atomic mass is 79.9. The summed E-state index contributed by atoms with van der Waals surface area (Å²) < 4.78 is 35.2. The number of benzene rings is 1. The molecule has 2 saturated carbocycles. The van der Waals surface area contributed by atoms with Crippen molar-refractivity contribution in [2.45, 2.75) is 102 Å². The number of fused-ring (bicyclic) bond motifs is 3. The minimum Gasteiger partial charge on any atom is -0.497 e. The number of halogens is 1. The molecule has 1 aromatic carbocycles. The second kappa shape index (κ2) is 12.1. The number of nitrogens with one attached hydrogen (secondary N) is 2. The Morgan fingerprint density at radius 3 is 2.58 bits per heavy atom. The third-order valence-electron chi connectivity index (χ3n) is 9.74. The fraction of sp³-hybridized carbons (Fsp3) is 0.606. The topological polar surface area (TPSA) is 122 Å². The Hall–Kier alpha value is -2.86. The van der Waals surface area contributed by atoms with E-state index in [9.17, 15) is 9.00 Å². The molecule has 3 aromatic rings. The van der Waals surface area contributed by atoms with Crippen LogP contribution in [0, 0.1) is 10.7 Å². The van der Waals surface area contributed by atoms with Crippen LogP contribution in [0.2, 0.25) is 0 Å². The van der Waals surface area contributed by atoms with Crippen LogP contribution in [0.4, 0.5) is 10.6 Å². The van der Waals surface area contributed by atoms with Gasteiger partial charge in [0, 0.05) is 51.3 Å². The highest BCUT2D eigenvalue weighted by molar-refractivity contribution is 9.10. The van der Waals surface area contributed by atoms with E-state index >= 15 is 0 Å². The van der Waals surface area contributed by atoms with Gasteiger partial charge in [-0.3, -0.25) is 8.99 Å². The van der Waals surface area contributed by atoms with E-state index in [-0.39, 0.29) is 29.5 Å². The molecular weight excluding hydrogens is 656 g/mol. The summed E-state index contributed by atoms with van der Waals surface area (Å²) in [5.74, 6) is 2.28. The molecular formula is C33H45BrN6O4S. The summed E-state index contributed by atoms with van der Waals surface area (Å²) in [6, 6.07) is 8.28. The number of ether oxygens (including phenoxy) is 2. The zero-order valence-electron chi connectivity index (χ0n) is 26.9. The monoisotopic (exact) mass is 700 g/mol. The Kier molecular flexibility index (Phi) is 8.60. The Morgan fingerprint density at radius 1 is 1.22 bits per heavy atom. The lowest BCUT2D eigenvalue weighted by molar-refractivity contribution is 0.0505. The quantitative estimate of drug-likeness (QED) is 0.271. The van der Waals surface area contributed by atoms with Crippen molar-refractivity contribution in [1.29, 1.82) is 4.78 Å². The summed E-state index contributed by atoms with van der Waals surface area (Å²) in [7, 11) is -1.03. The van der Waals surface area contributed by atoms with Gasteiger partial charge in [0.2, 0.25) is 0 Å². The van der Waals surface area contributed by atoms with Gasteiger partial charge >= 0.3 is 6.09 Å². The minimum absolute atomic E-state index is 0.0139. The molecule has 1 amide bonds. The molecule has 6 rings (SSSR count). The summed E-state index contributed by atoms with van der Waals surface area (Å²) in [5, 5.41) is 7.96. The first-order valence-electron chi connectivity index (χ1n) is 15.9. The van der Waals surface area contributed by atoms with Crippen LogP contribution in [-0.4, -0.2) is 61.7 Å². The first kappa shape index (κ1) is 32.1. The van der Waals surface area contributed by atoms with Gasteiger partial charge in [0.05, 0.1) is 23.5 Å². The lowest BCUT2D eigenvalue weighted by Gasteiger charge is -2.34. The van der Waals surface area contributed by atoms with Gasteiger partial charge < -0.3 is 19.7 Å². The van der Waals surface area contributed by atoms with Gasteiger partial charge in [-0.25, -0.2) is 9.78 Å². The fourth-order valence-electron chi connectivity index (χ4n) is 7.92. The van der Waals surface area contributed by atoms with Crippen molar-refractivity contribution >= 4 is 43.2 Å². The Balaban J connectivity index is 1.45. The first-order chi connectivity index (χ1) is 21.3. The van der Waals surface area contributed by atoms with Crippen molar-refractivity contribution in [2.75, 3.05) is 24.0 Å². The molecule has 2 aromatic heterocycles. The van der Waals surface area contributed by atoms with Crippen LogP contribution in [0.15, 0.2) is 34.9 Å². The second-order valence-electron chi connectivity index (χ2n) is 14.2. The van der Waals surface area contributed by atoms with Gasteiger partial charge in [0.25, 0.3) is 0 Å². The van der Waals surface area contributed by atoms with Crippen LogP contribution >= 0.6 is 15.9 Å². The van der Waals surface area contributed by atoms with E-state index in [1.807, 2.05) is 43.6 Å². The summed E-state index contributed by atoms with van der Waals surface area (Å²) >= 11 is 3.73. The Bertz CT molecular complexity index is 1680. The molecule has 0 aliphatic heterocycles. The second-order valence-corrected chi connectivity index (χ2v) is 17.4. The number of hydrogen-bond acceptors (Lipinski definition) is 8. The predicted molar refractivity (Wildman–Crippen MR) is 180 cm³/mol. The number of aromatic nitrogens is 3. The van der Waals surface area contributed by atoms with E-state index in [0.29, 0.717) is 12.3 Å². The van der Waals surface area contributed by atoms with E-state index in [2.05, 4.69) is 38.3 Å². The highest BCUT2D eigenvalue weighted by Gasteiger charge is 2.52. The largest absolute Gasteiger partial charge is 0.497 e. The molecule has 0 saturated heterocycles. The lowest BCUT2D eigenvalue weighted by atomic mass is 9.76. The fourth-order valence-corrected chi connectivity index (χ4v) is 9.47. The normalized spacial score (nSPS) is 23.6. The van der Waals surface area contributed by atoms with Gasteiger partial charge in [-0.05, 0) is 98.8 Å². The molecule has 45 heavy (non-hydrogen) atoms. The molecule has 0 bridgehead atoms. The van der Waals surface area contributed by atoms with Crippen LogP contribution in [0.25, 0.3) is 5.65 Å². The smallest absolute Gasteiger partial charge is 0.407 e. The van der Waals surface area contributed by atoms with Gasteiger partial charge in [-0.15, -0.1) is 0 Å². The van der Waals surface area contributed by atoms with Gasteiger partial charge in [-0.2, -0.15) is 9.61 Å². The third kappa shape index (κ3) is 6.54. The number of alkyl carbamates (subject to hydrolysis) is 1. The van der Waals surface area contributed by atoms with E-state index < -0.39 is 15.3 Å². The van der Waals surface area contributed by atoms with Crippen molar-refractivity contribution in [2.24, 2.45) is 5.92 Å². The van der Waals surface area contributed by atoms with Crippen molar-refractivity contribution < 1.29 is 18.5 Å². The van der Waals surface area contributed by atoms with Crippen molar-refractivity contribution in [3.05, 3.63) is 51.8 Å². The molecule has 2 fully saturated rings. The number of methoxy groups -OCH3 is 1. The van der Waals surface area contributed by atoms with Crippen molar-refractivity contribution in [3.8, 4) is 5.75 Å². The number of hydrogen-bond donors (Lipinski definition) is 2. The van der Waals surface area contributed by atoms with Gasteiger partial charge in [0.15, 0.2) is 5.65 Å². The molecule has 2 unspecified atom stereocenters. The lowest BCUT2D eigenvalue weighted by Crippen LogP contribution is -2.40. The maximum atomic E-state index is 13.0. The van der Waals surface area contributed by atoms with Crippen LogP contribution in [0.3, 0.4) is 0 Å². The molecule has 3 aliphatic carbocycles. The van der Waals surface area contributed by atoms with Crippen molar-refractivity contribution in [1.82, 2.24) is 19.9 Å². The number of carbonyl (C=O) groups is 1. The van der Waals surface area contributed by atoms with Gasteiger partial charge in [-0.1, -0.05) is 25.0 Å². The highest BCUT2D eigenvalue weighted by Crippen LogP contribution is 2.55. The predicted octanol–water partition coefficient (Wildman–Crippen LogP) is 6.61. The summed E-state index contributed by atoms with van der Waals surface area (Å²) in [4.78, 5) is 20.5. The molecule has 2 heterocycles. The number of amides is 1. The average Bonchev–Trinajstić information content (AvgIpc) is 3.75. The molecule has 0 radical (unpaired) electrons. The minimum atomic E-state index is -2.70. The summed E-state index contributed by atoms with van der Waals surface area (Å²) in [6.07, 6.45) is 10.4. The number of nitrogens with zero attached hydrogens (tertiary/aromatic N) is 4. The maximum absolute atomic E-state index is 13.0. The molecule has 12 heteroatoms. The van der Waals surface area contributed by atoms with E-state index in [1.54, 1.807) is 13.4 Å². The van der Waals surface area contributed by atoms with Crippen LogP contribution in [0.5, 0.6) is 5.75 Å². The first-order valence-corrected chi connectivity index (χ1v) is 18.9. The van der Waals surface area contributed by atoms with Crippen LogP contribution in [-0.2, 0) is 32.8 Å². The zero-order valence-corrected chi connectivity index (χ0v) is 29.3. The molecule has 2 N–H and O–H groups in total. The Labute approximate surface area is 274 Å². The number of rotatable bonds is 8. The summed E-state index contributed by atoms with van der Waals surface area (Å²) in [6.45, 7) is 6.26. The molecule has 244 valence electrons. The molecule has 3 aliphatic rings. The molecule has 1 spiro atoms.